The highest BCUT2D eigenvalue weighted by Gasteiger charge is 2.14. The lowest BCUT2D eigenvalue weighted by molar-refractivity contribution is 0.0205. The number of benzene rings is 1. The molecule has 0 bridgehead atoms. The van der Waals surface area contributed by atoms with Crippen molar-refractivity contribution in [2.75, 3.05) is 51.8 Å². The van der Waals surface area contributed by atoms with Gasteiger partial charge in [0.25, 0.3) is 0 Å². The summed E-state index contributed by atoms with van der Waals surface area (Å²) in [6.45, 7) is 6.81. The molecule has 0 saturated carbocycles. The third-order valence-electron chi connectivity index (χ3n) is 4.52. The van der Waals surface area contributed by atoms with Gasteiger partial charge in [-0.05, 0) is 44.2 Å². The molecule has 0 aliphatic carbocycles. The number of aliphatic imine (C=N–C) groups is 1. The van der Waals surface area contributed by atoms with Crippen LogP contribution in [0.2, 0.25) is 0 Å². The maximum absolute atomic E-state index is 12.3. The molecule has 2 N–H and O–H groups in total. The first-order valence-electron chi connectivity index (χ1n) is 10.1. The van der Waals surface area contributed by atoms with Crippen LogP contribution in [0.15, 0.2) is 40.2 Å². The lowest BCUT2D eigenvalue weighted by Crippen LogP contribution is -2.39. The Hall–Kier alpha value is -1.64. The third kappa shape index (κ3) is 8.58. The SMILES string of the molecule is CCNC(=NCCCOCC1CCOCC1)NCCS(=O)(=O)c1ccccc1. The van der Waals surface area contributed by atoms with Crippen molar-refractivity contribution in [3.63, 3.8) is 0 Å². The first-order valence-corrected chi connectivity index (χ1v) is 11.7. The van der Waals surface area contributed by atoms with Crippen LogP contribution in [0.4, 0.5) is 0 Å². The second-order valence-electron chi connectivity index (χ2n) is 6.80. The summed E-state index contributed by atoms with van der Waals surface area (Å²) < 4.78 is 35.7. The van der Waals surface area contributed by atoms with Crippen molar-refractivity contribution < 1.29 is 17.9 Å². The molecule has 0 aromatic heterocycles. The third-order valence-corrected chi connectivity index (χ3v) is 6.25. The molecule has 28 heavy (non-hydrogen) atoms. The fraction of sp³-hybridized carbons (Fsp3) is 0.650. The van der Waals surface area contributed by atoms with Crippen LogP contribution in [0.5, 0.6) is 0 Å². The van der Waals surface area contributed by atoms with Crippen molar-refractivity contribution in [1.82, 2.24) is 10.6 Å². The van der Waals surface area contributed by atoms with Crippen LogP contribution in [0.25, 0.3) is 0 Å². The Morgan fingerprint density at radius 3 is 2.68 bits per heavy atom. The van der Waals surface area contributed by atoms with E-state index >= 15 is 0 Å². The van der Waals surface area contributed by atoms with E-state index in [-0.39, 0.29) is 5.75 Å². The van der Waals surface area contributed by atoms with Crippen molar-refractivity contribution in [2.45, 2.75) is 31.1 Å². The Morgan fingerprint density at radius 2 is 1.96 bits per heavy atom. The van der Waals surface area contributed by atoms with Crippen molar-refractivity contribution in [3.05, 3.63) is 30.3 Å². The Kier molecular flexibility index (Phi) is 10.3. The standard InChI is InChI=1S/C20H33N3O4S/c1-2-21-20(22-11-6-13-27-17-18-9-14-26-15-10-18)23-12-16-28(24,25)19-7-4-3-5-8-19/h3-5,7-8,18H,2,6,9-17H2,1H3,(H2,21,22,23). The maximum Gasteiger partial charge on any atom is 0.191 e. The molecule has 158 valence electrons. The molecular formula is C20H33N3O4S. The predicted molar refractivity (Wildman–Crippen MR) is 111 cm³/mol. The number of ether oxygens (including phenoxy) is 2. The molecule has 7 nitrogen and oxygen atoms in total. The smallest absolute Gasteiger partial charge is 0.191 e. The van der Waals surface area contributed by atoms with Gasteiger partial charge in [0.15, 0.2) is 15.8 Å². The van der Waals surface area contributed by atoms with Gasteiger partial charge in [-0.1, -0.05) is 18.2 Å². The van der Waals surface area contributed by atoms with E-state index in [0.717, 1.165) is 45.6 Å². The van der Waals surface area contributed by atoms with E-state index in [0.29, 0.717) is 36.5 Å². The number of guanidine groups is 1. The Labute approximate surface area is 168 Å². The highest BCUT2D eigenvalue weighted by Crippen LogP contribution is 2.14. The zero-order valence-electron chi connectivity index (χ0n) is 16.7. The normalized spacial score (nSPS) is 16.1. The van der Waals surface area contributed by atoms with Crippen LogP contribution in [0.3, 0.4) is 0 Å². The van der Waals surface area contributed by atoms with E-state index in [1.54, 1.807) is 30.3 Å². The number of sulfone groups is 1. The molecule has 0 amide bonds. The number of nitrogens with one attached hydrogen (secondary N) is 2. The first-order chi connectivity index (χ1) is 13.6. The molecule has 1 aliphatic heterocycles. The van der Waals surface area contributed by atoms with Gasteiger partial charge >= 0.3 is 0 Å². The summed E-state index contributed by atoms with van der Waals surface area (Å²) in [6.07, 6.45) is 3.00. The monoisotopic (exact) mass is 411 g/mol. The van der Waals surface area contributed by atoms with Crippen molar-refractivity contribution in [3.8, 4) is 0 Å². The van der Waals surface area contributed by atoms with Crippen molar-refractivity contribution in [2.24, 2.45) is 10.9 Å². The van der Waals surface area contributed by atoms with Crippen LogP contribution in [-0.4, -0.2) is 66.2 Å². The Bertz CT molecular complexity index is 674. The largest absolute Gasteiger partial charge is 0.381 e. The van der Waals surface area contributed by atoms with E-state index in [1.165, 1.54) is 0 Å². The van der Waals surface area contributed by atoms with Crippen LogP contribution in [-0.2, 0) is 19.3 Å². The van der Waals surface area contributed by atoms with Crippen molar-refractivity contribution >= 4 is 15.8 Å². The predicted octanol–water partition coefficient (Wildman–Crippen LogP) is 1.85. The summed E-state index contributed by atoms with van der Waals surface area (Å²) in [4.78, 5) is 4.84. The van der Waals surface area contributed by atoms with E-state index in [9.17, 15) is 8.42 Å². The summed E-state index contributed by atoms with van der Waals surface area (Å²) in [7, 11) is -3.29. The first kappa shape index (κ1) is 22.6. The molecule has 0 radical (unpaired) electrons. The summed E-state index contributed by atoms with van der Waals surface area (Å²) in [5.41, 5.74) is 0. The molecular weight excluding hydrogens is 378 g/mol. The zero-order chi connectivity index (χ0) is 20.1. The number of nitrogens with zero attached hydrogens (tertiary/aromatic N) is 1. The summed E-state index contributed by atoms with van der Waals surface area (Å²) in [5.74, 6) is 1.27. The fourth-order valence-electron chi connectivity index (χ4n) is 2.91. The Morgan fingerprint density at radius 1 is 1.21 bits per heavy atom. The molecule has 0 spiro atoms. The van der Waals surface area contributed by atoms with Crippen LogP contribution < -0.4 is 10.6 Å². The van der Waals surface area contributed by atoms with Gasteiger partial charge in [0.2, 0.25) is 0 Å². The second-order valence-corrected chi connectivity index (χ2v) is 8.91. The van der Waals surface area contributed by atoms with Gasteiger partial charge < -0.3 is 20.1 Å². The average molecular weight is 412 g/mol. The van der Waals surface area contributed by atoms with Gasteiger partial charge in [0.05, 0.1) is 10.6 Å². The topological polar surface area (TPSA) is 89.0 Å². The van der Waals surface area contributed by atoms with Crippen LogP contribution >= 0.6 is 0 Å². The zero-order valence-corrected chi connectivity index (χ0v) is 17.5. The number of hydrogen-bond acceptors (Lipinski definition) is 5. The van der Waals surface area contributed by atoms with Gasteiger partial charge in [0.1, 0.15) is 0 Å². The minimum absolute atomic E-state index is 0.0235. The summed E-state index contributed by atoms with van der Waals surface area (Å²) in [6, 6.07) is 8.51. The molecule has 1 aromatic rings. The molecule has 1 aliphatic rings. The quantitative estimate of drug-likeness (QED) is 0.328. The van der Waals surface area contributed by atoms with E-state index in [2.05, 4.69) is 15.6 Å². The lowest BCUT2D eigenvalue weighted by atomic mass is 10.0. The molecule has 1 saturated heterocycles. The molecule has 1 fully saturated rings. The van der Waals surface area contributed by atoms with Gasteiger partial charge in [-0.25, -0.2) is 8.42 Å². The lowest BCUT2D eigenvalue weighted by Gasteiger charge is -2.21. The minimum atomic E-state index is -3.29. The number of hydrogen-bond donors (Lipinski definition) is 2. The van der Waals surface area contributed by atoms with E-state index in [1.807, 2.05) is 6.92 Å². The van der Waals surface area contributed by atoms with Gasteiger partial charge in [0, 0.05) is 46.1 Å². The molecule has 8 heteroatoms. The second kappa shape index (κ2) is 12.7. The average Bonchev–Trinajstić information content (AvgIpc) is 2.72. The molecule has 1 aromatic carbocycles. The van der Waals surface area contributed by atoms with Gasteiger partial charge in [-0.15, -0.1) is 0 Å². The highest BCUT2D eigenvalue weighted by molar-refractivity contribution is 7.91. The van der Waals surface area contributed by atoms with E-state index < -0.39 is 9.84 Å². The maximum atomic E-state index is 12.3. The molecule has 0 atom stereocenters. The fourth-order valence-corrected chi connectivity index (χ4v) is 4.09. The van der Waals surface area contributed by atoms with Gasteiger partial charge in [-0.3, -0.25) is 4.99 Å². The Balaban J connectivity index is 1.65. The minimum Gasteiger partial charge on any atom is -0.381 e. The van der Waals surface area contributed by atoms with Crippen molar-refractivity contribution in [1.29, 1.82) is 0 Å². The molecule has 1 heterocycles. The summed E-state index contributed by atoms with van der Waals surface area (Å²) in [5, 5.41) is 6.23. The van der Waals surface area contributed by atoms with Crippen LogP contribution in [0.1, 0.15) is 26.2 Å². The molecule has 0 unspecified atom stereocenters. The van der Waals surface area contributed by atoms with Gasteiger partial charge in [-0.2, -0.15) is 0 Å². The number of rotatable bonds is 11. The van der Waals surface area contributed by atoms with E-state index in [4.69, 9.17) is 9.47 Å². The van der Waals surface area contributed by atoms with Crippen LogP contribution in [0, 0.1) is 5.92 Å². The summed E-state index contributed by atoms with van der Waals surface area (Å²) >= 11 is 0. The molecule has 2 rings (SSSR count). The highest BCUT2D eigenvalue weighted by atomic mass is 32.2.